The number of fused-ring (bicyclic) bond motifs is 2. The number of ether oxygens (including phenoxy) is 1. The summed E-state index contributed by atoms with van der Waals surface area (Å²) in [6.07, 6.45) is 0. The highest BCUT2D eigenvalue weighted by atomic mass is 79.9. The third-order valence-corrected chi connectivity index (χ3v) is 8.17. The fraction of sp³-hybridized carbons (Fsp3) is 0.212. The Bertz CT molecular complexity index is 1810. The van der Waals surface area contributed by atoms with E-state index >= 15 is 0 Å². The Balaban J connectivity index is 1.70. The number of hydrogen-bond acceptors (Lipinski definition) is 6. The number of carbonyl (C=O) groups is 3. The van der Waals surface area contributed by atoms with Crippen LogP contribution in [-0.2, 0) is 16.1 Å². The number of anilines is 2. The van der Waals surface area contributed by atoms with Gasteiger partial charge in [0.05, 0.1) is 49.2 Å². The Hall–Kier alpha value is -4.79. The molecule has 9 nitrogen and oxygen atoms in total. The minimum absolute atomic E-state index is 0.0341. The lowest BCUT2D eigenvalue weighted by Gasteiger charge is -2.27. The van der Waals surface area contributed by atoms with Crippen molar-refractivity contribution in [3.63, 3.8) is 0 Å². The second kappa shape index (κ2) is 12.8. The smallest absolute Gasteiger partial charge is 0.258 e. The molecule has 0 radical (unpaired) electrons. The summed E-state index contributed by atoms with van der Waals surface area (Å²) in [6, 6.07) is 19.6. The minimum Gasteiger partial charge on any atom is -0.496 e. The van der Waals surface area contributed by atoms with Gasteiger partial charge >= 0.3 is 0 Å². The van der Waals surface area contributed by atoms with E-state index in [2.05, 4.69) is 32.6 Å². The highest BCUT2D eigenvalue weighted by Crippen LogP contribution is 2.38. The number of nitrogens with one attached hydrogen (secondary N) is 2. The van der Waals surface area contributed by atoms with Crippen LogP contribution < -0.4 is 25.2 Å². The number of rotatable bonds is 7. The number of nitriles is 1. The van der Waals surface area contributed by atoms with Crippen molar-refractivity contribution in [1.82, 2.24) is 10.6 Å². The maximum absolute atomic E-state index is 14.4. The quantitative estimate of drug-likeness (QED) is 0.292. The molecule has 44 heavy (non-hydrogen) atoms. The highest BCUT2D eigenvalue weighted by molar-refractivity contribution is 9.10. The van der Waals surface area contributed by atoms with Crippen LogP contribution in [0.2, 0.25) is 0 Å². The van der Waals surface area contributed by atoms with E-state index in [4.69, 9.17) is 4.74 Å². The molecule has 5 rings (SSSR count). The van der Waals surface area contributed by atoms with Crippen LogP contribution in [0.5, 0.6) is 5.75 Å². The molecule has 224 valence electrons. The maximum atomic E-state index is 14.4. The van der Waals surface area contributed by atoms with Crippen molar-refractivity contribution in [2.24, 2.45) is 0 Å². The van der Waals surface area contributed by atoms with E-state index in [1.54, 1.807) is 33.2 Å². The van der Waals surface area contributed by atoms with Crippen molar-refractivity contribution in [3.05, 3.63) is 99.8 Å². The Morgan fingerprint density at radius 2 is 1.84 bits per heavy atom. The molecule has 0 spiro atoms. The van der Waals surface area contributed by atoms with Crippen LogP contribution in [-0.4, -0.2) is 50.5 Å². The van der Waals surface area contributed by atoms with E-state index in [1.807, 2.05) is 30.3 Å². The van der Waals surface area contributed by atoms with Gasteiger partial charge in [-0.2, -0.15) is 5.26 Å². The van der Waals surface area contributed by atoms with Gasteiger partial charge in [0, 0.05) is 15.6 Å². The molecule has 3 amide bonds. The lowest BCUT2D eigenvalue weighted by molar-refractivity contribution is -0.128. The van der Waals surface area contributed by atoms with Gasteiger partial charge < -0.3 is 25.2 Å². The first-order chi connectivity index (χ1) is 21.1. The average molecular weight is 659 g/mol. The van der Waals surface area contributed by atoms with Crippen LogP contribution in [0.3, 0.4) is 0 Å². The van der Waals surface area contributed by atoms with E-state index < -0.39 is 35.6 Å². The molecule has 2 atom stereocenters. The van der Waals surface area contributed by atoms with Crippen LogP contribution in [0.25, 0.3) is 10.8 Å². The van der Waals surface area contributed by atoms with Gasteiger partial charge in [0.15, 0.2) is 0 Å². The van der Waals surface area contributed by atoms with Crippen molar-refractivity contribution >= 4 is 55.8 Å². The topological polar surface area (TPSA) is 115 Å². The molecule has 1 heterocycles. The third-order valence-electron chi connectivity index (χ3n) is 7.68. The zero-order chi connectivity index (χ0) is 31.5. The van der Waals surface area contributed by atoms with Gasteiger partial charge in [-0.25, -0.2) is 4.39 Å². The molecule has 4 aromatic carbocycles. The maximum Gasteiger partial charge on any atom is 0.258 e. The molecule has 2 unspecified atom stereocenters. The van der Waals surface area contributed by atoms with Crippen molar-refractivity contribution in [2.45, 2.75) is 25.6 Å². The van der Waals surface area contributed by atoms with E-state index in [9.17, 15) is 24.0 Å². The first-order valence-electron chi connectivity index (χ1n) is 13.8. The SMILES string of the molecule is CNC(C)C(=O)NC1CN(C(=O)c2ccc(F)cc2)c2cc(C#N)ccc2N(Cc2c(OC)ccc3cc(Br)ccc23)C1=O. The van der Waals surface area contributed by atoms with Crippen molar-refractivity contribution in [2.75, 3.05) is 30.5 Å². The van der Waals surface area contributed by atoms with Crippen LogP contribution in [0.15, 0.2) is 77.3 Å². The Morgan fingerprint density at radius 1 is 1.09 bits per heavy atom. The monoisotopic (exact) mass is 657 g/mol. The molecule has 0 bridgehead atoms. The fourth-order valence-corrected chi connectivity index (χ4v) is 5.58. The molecule has 2 N–H and O–H groups in total. The first kappa shape index (κ1) is 30.7. The number of carbonyl (C=O) groups excluding carboxylic acids is 3. The molecular formula is C33H29BrFN5O4. The molecule has 1 aliphatic heterocycles. The number of amides is 3. The van der Waals surface area contributed by atoms with Crippen LogP contribution in [0, 0.1) is 17.1 Å². The number of methoxy groups -OCH3 is 1. The summed E-state index contributed by atoms with van der Waals surface area (Å²) in [5.41, 5.74) is 1.82. The van der Waals surface area contributed by atoms with Gasteiger partial charge in [-0.3, -0.25) is 14.4 Å². The van der Waals surface area contributed by atoms with E-state index in [1.165, 1.54) is 40.1 Å². The van der Waals surface area contributed by atoms with E-state index in [0.29, 0.717) is 22.7 Å². The lowest BCUT2D eigenvalue weighted by Crippen LogP contribution is -2.55. The molecule has 0 aliphatic carbocycles. The number of halogens is 2. The molecular weight excluding hydrogens is 629 g/mol. The number of hydrogen-bond donors (Lipinski definition) is 2. The lowest BCUT2D eigenvalue weighted by atomic mass is 10.0. The number of benzene rings is 4. The Morgan fingerprint density at radius 3 is 2.52 bits per heavy atom. The van der Waals surface area contributed by atoms with Gasteiger partial charge in [-0.05, 0) is 85.4 Å². The second-order valence-electron chi connectivity index (χ2n) is 10.3. The summed E-state index contributed by atoms with van der Waals surface area (Å²) in [7, 11) is 3.17. The summed E-state index contributed by atoms with van der Waals surface area (Å²) >= 11 is 3.51. The minimum atomic E-state index is -1.16. The molecule has 0 aromatic heterocycles. The van der Waals surface area contributed by atoms with Crippen LogP contribution >= 0.6 is 15.9 Å². The summed E-state index contributed by atoms with van der Waals surface area (Å²) in [6.45, 7) is 1.46. The van der Waals surface area contributed by atoms with Crippen molar-refractivity contribution in [3.8, 4) is 11.8 Å². The molecule has 11 heteroatoms. The van der Waals surface area contributed by atoms with Gasteiger partial charge in [0.25, 0.3) is 11.8 Å². The molecule has 0 saturated carbocycles. The van der Waals surface area contributed by atoms with Crippen LogP contribution in [0.4, 0.5) is 15.8 Å². The van der Waals surface area contributed by atoms with Gasteiger partial charge in [-0.15, -0.1) is 0 Å². The largest absolute Gasteiger partial charge is 0.496 e. The van der Waals surface area contributed by atoms with Crippen molar-refractivity contribution < 1.29 is 23.5 Å². The average Bonchev–Trinajstić information content (AvgIpc) is 3.14. The number of likely N-dealkylation sites (N-methyl/N-ethyl adjacent to an activating group) is 1. The predicted molar refractivity (Wildman–Crippen MR) is 169 cm³/mol. The highest BCUT2D eigenvalue weighted by Gasteiger charge is 2.38. The number of nitrogens with zero attached hydrogens (tertiary/aromatic N) is 3. The zero-order valence-corrected chi connectivity index (χ0v) is 25.8. The summed E-state index contributed by atoms with van der Waals surface area (Å²) < 4.78 is 20.3. The summed E-state index contributed by atoms with van der Waals surface area (Å²) in [4.78, 5) is 44.3. The molecule has 4 aromatic rings. The van der Waals surface area contributed by atoms with Crippen molar-refractivity contribution in [1.29, 1.82) is 5.26 Å². The summed E-state index contributed by atoms with van der Waals surface area (Å²) in [5.74, 6) is -1.37. The molecule has 1 aliphatic rings. The van der Waals surface area contributed by atoms with Gasteiger partial charge in [0.2, 0.25) is 5.91 Å². The van der Waals surface area contributed by atoms with E-state index in [0.717, 1.165) is 15.2 Å². The van der Waals surface area contributed by atoms with Gasteiger partial charge in [-0.1, -0.05) is 28.1 Å². The standard InChI is InChI=1S/C33H29BrFN5O4/c1-19(37-2)31(41)38-27-18-40(32(42)21-5-9-24(35)10-6-21)29-14-20(16-36)4-12-28(29)39(33(27)43)17-26-25-11-8-23(34)15-22(25)7-13-30(26)44-3/h4-15,19,27,37H,17-18H2,1-3H3,(H,38,41). The summed E-state index contributed by atoms with van der Waals surface area (Å²) in [5, 5.41) is 17.2. The Labute approximate surface area is 262 Å². The third kappa shape index (κ3) is 6.00. The normalized spacial score (nSPS) is 15.3. The zero-order valence-electron chi connectivity index (χ0n) is 24.2. The van der Waals surface area contributed by atoms with E-state index in [-0.39, 0.29) is 24.2 Å². The second-order valence-corrected chi connectivity index (χ2v) is 11.3. The predicted octanol–water partition coefficient (Wildman–Crippen LogP) is 4.91. The fourth-order valence-electron chi connectivity index (χ4n) is 5.20. The Kier molecular flexibility index (Phi) is 8.94. The first-order valence-corrected chi connectivity index (χ1v) is 14.6. The molecule has 0 saturated heterocycles. The molecule has 0 fully saturated rings. The van der Waals surface area contributed by atoms with Gasteiger partial charge in [0.1, 0.15) is 17.6 Å². The van der Waals surface area contributed by atoms with Crippen LogP contribution in [0.1, 0.15) is 28.4 Å².